The Labute approximate surface area is 338 Å². The lowest BCUT2D eigenvalue weighted by atomic mass is 9.89. The molecular weight excluding hydrogens is 767 g/mol. The van der Waals surface area contributed by atoms with E-state index in [2.05, 4.69) is 4.72 Å². The van der Waals surface area contributed by atoms with Gasteiger partial charge in [-0.05, 0) is 118 Å². The van der Waals surface area contributed by atoms with E-state index in [0.29, 0.717) is 19.4 Å². The van der Waals surface area contributed by atoms with Crippen molar-refractivity contribution >= 4 is 38.3 Å². The molecule has 0 aliphatic heterocycles. The summed E-state index contributed by atoms with van der Waals surface area (Å²) in [6.07, 6.45) is 7.90. The average Bonchev–Trinajstić information content (AvgIpc) is 3.11. The first-order valence-electron chi connectivity index (χ1n) is 18.6. The van der Waals surface area contributed by atoms with E-state index in [1.807, 2.05) is 65.8 Å². The topological polar surface area (TPSA) is 110 Å². The second-order valence-corrected chi connectivity index (χ2v) is 20.2. The maximum absolute atomic E-state index is 13.3. The van der Waals surface area contributed by atoms with Crippen LogP contribution in [-0.2, 0) is 24.8 Å². The minimum absolute atomic E-state index is 0.0339. The fourth-order valence-corrected chi connectivity index (χ4v) is 7.92. The van der Waals surface area contributed by atoms with Crippen LogP contribution in [0.4, 0.5) is 13.6 Å². The highest BCUT2D eigenvalue weighted by molar-refractivity contribution is 7.89. The van der Waals surface area contributed by atoms with Crippen molar-refractivity contribution in [3.8, 4) is 0 Å². The Hall–Kier alpha value is -4.65. The SMILES string of the molecule is Cc1ccc(S(=O)(=O)N(CC(C)(C)C/C=C/c2ccc(F)cc2)C(=O)OC(C)(C)C)cc1.Cc1ccc(S(=O)(=O)NCC(C)(C)C/C=C/c2ccc(F)cc2)cc1. The van der Waals surface area contributed by atoms with Crippen LogP contribution in [0.25, 0.3) is 12.2 Å². The summed E-state index contributed by atoms with van der Waals surface area (Å²) in [4.78, 5) is 13.2. The first-order chi connectivity index (χ1) is 26.4. The molecule has 4 aromatic carbocycles. The number of carbonyl (C=O) groups excluding carboxylic acids is 1. The number of allylic oxidation sites excluding steroid dienone is 2. The van der Waals surface area contributed by atoms with E-state index < -0.39 is 37.2 Å². The van der Waals surface area contributed by atoms with E-state index in [1.54, 1.807) is 81.4 Å². The second kappa shape index (κ2) is 19.7. The molecule has 0 unspecified atom stereocenters. The third-order valence-corrected chi connectivity index (χ3v) is 11.7. The van der Waals surface area contributed by atoms with Crippen molar-refractivity contribution in [2.24, 2.45) is 10.8 Å². The lowest BCUT2D eigenvalue weighted by Gasteiger charge is -2.33. The molecule has 0 spiro atoms. The molecule has 0 saturated heterocycles. The lowest BCUT2D eigenvalue weighted by molar-refractivity contribution is 0.0347. The molecule has 0 aliphatic carbocycles. The minimum Gasteiger partial charge on any atom is -0.443 e. The molecule has 0 radical (unpaired) electrons. The zero-order valence-electron chi connectivity index (χ0n) is 34.3. The number of hydrogen-bond acceptors (Lipinski definition) is 6. The Morgan fingerprint density at radius 3 is 1.46 bits per heavy atom. The molecule has 0 heterocycles. The molecule has 12 heteroatoms. The Bertz CT molecular complexity index is 2190. The molecular formula is C45H56F2N2O6S2. The Morgan fingerprint density at radius 2 is 1.04 bits per heavy atom. The van der Waals surface area contributed by atoms with Crippen LogP contribution in [0.3, 0.4) is 0 Å². The van der Waals surface area contributed by atoms with E-state index >= 15 is 0 Å². The maximum atomic E-state index is 13.3. The highest BCUT2D eigenvalue weighted by Gasteiger charge is 2.37. The quantitative estimate of drug-likeness (QED) is 0.136. The van der Waals surface area contributed by atoms with E-state index in [0.717, 1.165) is 26.6 Å². The van der Waals surface area contributed by atoms with Crippen LogP contribution in [0, 0.1) is 36.3 Å². The molecule has 0 aliphatic rings. The number of rotatable bonds is 14. The van der Waals surface area contributed by atoms with E-state index in [1.165, 1.54) is 36.4 Å². The van der Waals surface area contributed by atoms with Crippen LogP contribution in [-0.4, -0.2) is 45.9 Å². The van der Waals surface area contributed by atoms with Crippen molar-refractivity contribution in [1.82, 2.24) is 9.03 Å². The minimum atomic E-state index is -4.11. The fraction of sp³-hybridized carbons (Fsp3) is 0.356. The van der Waals surface area contributed by atoms with Gasteiger partial charge in [-0.25, -0.2) is 35.1 Å². The summed E-state index contributed by atoms with van der Waals surface area (Å²) in [7, 11) is -7.62. The zero-order chi connectivity index (χ0) is 42.7. The molecule has 0 fully saturated rings. The summed E-state index contributed by atoms with van der Waals surface area (Å²) < 4.78 is 86.3. The van der Waals surface area contributed by atoms with Crippen molar-refractivity contribution in [3.63, 3.8) is 0 Å². The number of aryl methyl sites for hydroxylation is 2. The normalized spacial score (nSPS) is 12.7. The predicted molar refractivity (Wildman–Crippen MR) is 225 cm³/mol. The highest BCUT2D eigenvalue weighted by atomic mass is 32.2. The van der Waals surface area contributed by atoms with Gasteiger partial charge in [-0.2, -0.15) is 4.31 Å². The van der Waals surface area contributed by atoms with E-state index in [4.69, 9.17) is 4.74 Å². The van der Waals surface area contributed by atoms with Gasteiger partial charge in [0.1, 0.15) is 17.2 Å². The Morgan fingerprint density at radius 1 is 0.632 bits per heavy atom. The standard InChI is InChI=1S/C25H32FNO4S.C20H24FNO2S/c1-19-9-15-22(16-10-19)32(29,30)27(23(28)31-24(2,3)4)18-25(5,6)17-7-8-20-11-13-21(26)14-12-20;1-16-6-12-19(13-7-16)25(23,24)22-15-20(2,3)14-4-5-17-8-10-18(21)11-9-17/h7-16H,17-18H2,1-6H3;4-13,22H,14-15H2,1-3H3/b8-7+;5-4+. The van der Waals surface area contributed by atoms with E-state index in [-0.39, 0.29) is 33.4 Å². The van der Waals surface area contributed by atoms with Crippen molar-refractivity contribution in [3.05, 3.63) is 143 Å². The third kappa shape index (κ3) is 16.0. The summed E-state index contributed by atoms with van der Waals surface area (Å²) in [6.45, 7) is 16.9. The second-order valence-electron chi connectivity index (χ2n) is 16.6. The average molecular weight is 823 g/mol. The first kappa shape index (κ1) is 46.7. The van der Waals surface area contributed by atoms with Crippen LogP contribution >= 0.6 is 0 Å². The maximum Gasteiger partial charge on any atom is 0.424 e. The molecule has 4 rings (SSSR count). The number of amides is 1. The number of hydrogen-bond donors (Lipinski definition) is 1. The Balaban J connectivity index is 0.000000315. The molecule has 4 aromatic rings. The van der Waals surface area contributed by atoms with Gasteiger partial charge in [-0.1, -0.05) is 112 Å². The smallest absolute Gasteiger partial charge is 0.424 e. The van der Waals surface area contributed by atoms with Crippen LogP contribution < -0.4 is 4.72 Å². The molecule has 308 valence electrons. The number of nitrogens with zero attached hydrogens (tertiary/aromatic N) is 1. The van der Waals surface area contributed by atoms with Crippen molar-refractivity contribution in [2.75, 3.05) is 13.1 Å². The molecule has 0 atom stereocenters. The van der Waals surface area contributed by atoms with Crippen LogP contribution in [0.5, 0.6) is 0 Å². The van der Waals surface area contributed by atoms with Gasteiger partial charge in [-0.15, -0.1) is 0 Å². The van der Waals surface area contributed by atoms with Gasteiger partial charge in [-0.3, -0.25) is 0 Å². The number of benzene rings is 4. The van der Waals surface area contributed by atoms with Gasteiger partial charge in [0.25, 0.3) is 10.0 Å². The third-order valence-electron chi connectivity index (χ3n) is 8.55. The monoisotopic (exact) mass is 822 g/mol. The van der Waals surface area contributed by atoms with Crippen molar-refractivity contribution < 1.29 is 35.1 Å². The van der Waals surface area contributed by atoms with Gasteiger partial charge < -0.3 is 4.74 Å². The fourth-order valence-electron chi connectivity index (χ4n) is 5.19. The lowest BCUT2D eigenvalue weighted by Crippen LogP contribution is -2.45. The van der Waals surface area contributed by atoms with Crippen molar-refractivity contribution in [1.29, 1.82) is 0 Å². The van der Waals surface area contributed by atoms with Crippen molar-refractivity contribution in [2.45, 2.75) is 90.5 Å². The molecule has 0 saturated carbocycles. The molecule has 0 bridgehead atoms. The van der Waals surface area contributed by atoms with E-state index in [9.17, 15) is 30.4 Å². The van der Waals surface area contributed by atoms with Crippen LogP contribution in [0.2, 0.25) is 0 Å². The molecule has 57 heavy (non-hydrogen) atoms. The first-order valence-corrected chi connectivity index (χ1v) is 21.5. The number of halogens is 2. The largest absolute Gasteiger partial charge is 0.443 e. The number of sulfonamides is 2. The van der Waals surface area contributed by atoms with Gasteiger partial charge in [0.2, 0.25) is 10.0 Å². The summed E-state index contributed by atoms with van der Waals surface area (Å²) in [5.41, 5.74) is 2.02. The van der Waals surface area contributed by atoms with Gasteiger partial charge in [0.15, 0.2) is 0 Å². The summed E-state index contributed by atoms with van der Waals surface area (Å²) in [6, 6.07) is 25.5. The molecule has 0 aromatic heterocycles. The molecule has 8 nitrogen and oxygen atoms in total. The molecule has 1 amide bonds. The number of ether oxygens (including phenoxy) is 1. The predicted octanol–water partition coefficient (Wildman–Crippen LogP) is 10.7. The van der Waals surface area contributed by atoms with Gasteiger partial charge in [0.05, 0.1) is 9.79 Å². The zero-order valence-corrected chi connectivity index (χ0v) is 36.0. The summed E-state index contributed by atoms with van der Waals surface area (Å²) >= 11 is 0. The summed E-state index contributed by atoms with van der Waals surface area (Å²) in [5, 5.41) is 0. The number of carbonyl (C=O) groups is 1. The summed E-state index contributed by atoms with van der Waals surface area (Å²) in [5.74, 6) is -0.570. The molecule has 1 N–H and O–H groups in total. The Kier molecular flexibility index (Phi) is 16.1. The van der Waals surface area contributed by atoms with Crippen LogP contribution in [0.15, 0.2) is 119 Å². The number of nitrogens with one attached hydrogen (secondary N) is 1. The van der Waals surface area contributed by atoms with Crippen LogP contribution in [0.1, 0.15) is 83.6 Å². The van der Waals surface area contributed by atoms with Gasteiger partial charge >= 0.3 is 6.09 Å². The highest BCUT2D eigenvalue weighted by Crippen LogP contribution is 2.29. The van der Waals surface area contributed by atoms with Gasteiger partial charge in [0, 0.05) is 13.1 Å².